The second-order valence-electron chi connectivity index (χ2n) is 5.44. The summed E-state index contributed by atoms with van der Waals surface area (Å²) in [6.07, 6.45) is -1.47. The number of halogens is 3. The highest BCUT2D eigenvalue weighted by molar-refractivity contribution is 5.53. The number of rotatable bonds is 3. The van der Waals surface area contributed by atoms with E-state index in [4.69, 9.17) is 5.26 Å². The molecule has 2 atom stereocenters. The van der Waals surface area contributed by atoms with Crippen LogP contribution in [0.5, 0.6) is 0 Å². The van der Waals surface area contributed by atoms with Crippen LogP contribution in [0.25, 0.3) is 0 Å². The first-order valence-corrected chi connectivity index (χ1v) is 6.93. The van der Waals surface area contributed by atoms with Crippen molar-refractivity contribution in [1.82, 2.24) is 0 Å². The van der Waals surface area contributed by atoms with Crippen LogP contribution in [0.15, 0.2) is 18.2 Å². The van der Waals surface area contributed by atoms with Gasteiger partial charge in [0, 0.05) is 12.2 Å². The van der Waals surface area contributed by atoms with Crippen LogP contribution in [0.4, 0.5) is 18.9 Å². The van der Waals surface area contributed by atoms with Gasteiger partial charge in [0.15, 0.2) is 0 Å². The van der Waals surface area contributed by atoms with E-state index in [1.165, 1.54) is 12.1 Å². The van der Waals surface area contributed by atoms with Crippen molar-refractivity contribution in [2.24, 2.45) is 5.92 Å². The molecule has 0 bridgehead atoms. The summed E-state index contributed by atoms with van der Waals surface area (Å²) in [5.41, 5.74) is -0.943. The van der Waals surface area contributed by atoms with Gasteiger partial charge in [0.2, 0.25) is 0 Å². The Morgan fingerprint density at radius 2 is 2.10 bits per heavy atom. The Labute approximate surface area is 121 Å². The number of anilines is 1. The van der Waals surface area contributed by atoms with Crippen LogP contribution in [0.3, 0.4) is 0 Å². The second kappa shape index (κ2) is 6.35. The standard InChI is InChI=1S/C15H17F3N2O/c16-15(17,18)14-7-12(5-4-11(14)8-19)20-9-10-2-1-3-13(21)6-10/h4-5,7,10,13,20-21H,1-3,6,9H2. The molecule has 0 aromatic heterocycles. The number of aliphatic hydroxyl groups is 1. The lowest BCUT2D eigenvalue weighted by molar-refractivity contribution is -0.137. The average Bonchev–Trinajstić information content (AvgIpc) is 2.44. The van der Waals surface area contributed by atoms with E-state index in [2.05, 4.69) is 5.32 Å². The minimum Gasteiger partial charge on any atom is -0.393 e. The maximum atomic E-state index is 12.8. The summed E-state index contributed by atoms with van der Waals surface area (Å²) in [5, 5.41) is 21.3. The Balaban J connectivity index is 2.06. The van der Waals surface area contributed by atoms with E-state index in [0.29, 0.717) is 18.7 Å². The number of aliphatic hydroxyl groups excluding tert-OH is 1. The van der Waals surface area contributed by atoms with Crippen LogP contribution in [-0.4, -0.2) is 17.8 Å². The van der Waals surface area contributed by atoms with E-state index in [9.17, 15) is 18.3 Å². The monoisotopic (exact) mass is 298 g/mol. The van der Waals surface area contributed by atoms with Gasteiger partial charge in [-0.3, -0.25) is 0 Å². The molecule has 1 aliphatic carbocycles. The van der Waals surface area contributed by atoms with Gasteiger partial charge in [0.05, 0.1) is 23.3 Å². The zero-order valence-electron chi connectivity index (χ0n) is 11.5. The molecule has 0 spiro atoms. The van der Waals surface area contributed by atoms with Crippen molar-refractivity contribution in [3.63, 3.8) is 0 Å². The molecule has 2 unspecified atom stereocenters. The highest BCUT2D eigenvalue weighted by atomic mass is 19.4. The number of hydrogen-bond donors (Lipinski definition) is 2. The topological polar surface area (TPSA) is 56.0 Å². The van der Waals surface area contributed by atoms with Crippen molar-refractivity contribution >= 4 is 5.69 Å². The summed E-state index contributed by atoms with van der Waals surface area (Å²) in [4.78, 5) is 0. The molecule has 0 saturated heterocycles. The minimum absolute atomic E-state index is 0.263. The van der Waals surface area contributed by atoms with Gasteiger partial charge in [-0.25, -0.2) is 0 Å². The summed E-state index contributed by atoms with van der Waals surface area (Å²) in [6.45, 7) is 0.528. The van der Waals surface area contributed by atoms with E-state index in [0.717, 1.165) is 25.3 Å². The molecular weight excluding hydrogens is 281 g/mol. The van der Waals surface area contributed by atoms with Crippen molar-refractivity contribution in [2.75, 3.05) is 11.9 Å². The molecule has 1 fully saturated rings. The van der Waals surface area contributed by atoms with Crippen LogP contribution < -0.4 is 5.32 Å². The predicted octanol–water partition coefficient (Wildman–Crippen LogP) is 3.54. The van der Waals surface area contributed by atoms with E-state index in [1.807, 2.05) is 0 Å². The average molecular weight is 298 g/mol. The third-order valence-corrected chi connectivity index (χ3v) is 3.80. The Kier molecular flexibility index (Phi) is 4.73. The molecule has 0 heterocycles. The van der Waals surface area contributed by atoms with Gasteiger partial charge in [-0.1, -0.05) is 6.42 Å². The Morgan fingerprint density at radius 1 is 1.33 bits per heavy atom. The van der Waals surface area contributed by atoms with Crippen molar-refractivity contribution in [1.29, 1.82) is 5.26 Å². The van der Waals surface area contributed by atoms with Crippen molar-refractivity contribution in [3.05, 3.63) is 29.3 Å². The van der Waals surface area contributed by atoms with Crippen molar-refractivity contribution < 1.29 is 18.3 Å². The molecule has 6 heteroatoms. The lowest BCUT2D eigenvalue weighted by atomic mass is 9.87. The number of alkyl halides is 3. The molecule has 2 N–H and O–H groups in total. The van der Waals surface area contributed by atoms with Gasteiger partial charge in [-0.2, -0.15) is 18.4 Å². The van der Waals surface area contributed by atoms with Gasteiger partial charge in [-0.15, -0.1) is 0 Å². The third-order valence-electron chi connectivity index (χ3n) is 3.80. The lowest BCUT2D eigenvalue weighted by Crippen LogP contribution is -2.25. The molecule has 1 saturated carbocycles. The third kappa shape index (κ3) is 4.11. The maximum Gasteiger partial charge on any atom is 0.417 e. The molecule has 0 radical (unpaired) electrons. The normalized spacial score (nSPS) is 22.6. The zero-order chi connectivity index (χ0) is 15.5. The van der Waals surface area contributed by atoms with E-state index < -0.39 is 11.7 Å². The fourth-order valence-corrected chi connectivity index (χ4v) is 2.70. The maximum absolute atomic E-state index is 12.8. The first-order chi connectivity index (χ1) is 9.90. The SMILES string of the molecule is N#Cc1ccc(NCC2CCCC(O)C2)cc1C(F)(F)F. The predicted molar refractivity (Wildman–Crippen MR) is 72.6 cm³/mol. The molecule has 21 heavy (non-hydrogen) atoms. The smallest absolute Gasteiger partial charge is 0.393 e. The molecule has 2 rings (SSSR count). The van der Waals surface area contributed by atoms with E-state index >= 15 is 0 Å². The van der Waals surface area contributed by atoms with Crippen LogP contribution >= 0.6 is 0 Å². The highest BCUT2D eigenvalue weighted by Crippen LogP contribution is 2.33. The van der Waals surface area contributed by atoms with Gasteiger partial charge < -0.3 is 10.4 Å². The fourth-order valence-electron chi connectivity index (χ4n) is 2.70. The zero-order valence-corrected chi connectivity index (χ0v) is 11.5. The summed E-state index contributed by atoms with van der Waals surface area (Å²) < 4.78 is 38.5. The molecule has 3 nitrogen and oxygen atoms in total. The Bertz CT molecular complexity index is 537. The number of hydrogen-bond acceptors (Lipinski definition) is 3. The Morgan fingerprint density at radius 3 is 2.71 bits per heavy atom. The highest BCUT2D eigenvalue weighted by Gasteiger charge is 2.33. The minimum atomic E-state index is -4.54. The second-order valence-corrected chi connectivity index (χ2v) is 5.44. The first-order valence-electron chi connectivity index (χ1n) is 6.93. The summed E-state index contributed by atoms with van der Waals surface area (Å²) in [5.74, 6) is 0.263. The summed E-state index contributed by atoms with van der Waals surface area (Å²) in [6, 6.07) is 5.19. The number of benzene rings is 1. The van der Waals surface area contributed by atoms with Crippen LogP contribution in [0.1, 0.15) is 36.8 Å². The molecule has 1 aliphatic rings. The first kappa shape index (κ1) is 15.6. The van der Waals surface area contributed by atoms with E-state index in [-0.39, 0.29) is 17.6 Å². The summed E-state index contributed by atoms with van der Waals surface area (Å²) in [7, 11) is 0. The van der Waals surface area contributed by atoms with Gasteiger partial charge >= 0.3 is 6.18 Å². The molecule has 1 aromatic carbocycles. The van der Waals surface area contributed by atoms with Crippen molar-refractivity contribution in [2.45, 2.75) is 38.0 Å². The van der Waals surface area contributed by atoms with Gasteiger partial charge in [0.25, 0.3) is 0 Å². The number of nitrogens with one attached hydrogen (secondary N) is 1. The fraction of sp³-hybridized carbons (Fsp3) is 0.533. The summed E-state index contributed by atoms with van der Waals surface area (Å²) >= 11 is 0. The van der Waals surface area contributed by atoms with Crippen molar-refractivity contribution in [3.8, 4) is 6.07 Å². The number of nitriles is 1. The van der Waals surface area contributed by atoms with Gasteiger partial charge in [0.1, 0.15) is 0 Å². The molecule has 0 aliphatic heterocycles. The molecule has 0 amide bonds. The van der Waals surface area contributed by atoms with E-state index in [1.54, 1.807) is 6.07 Å². The molecular formula is C15H17F3N2O. The largest absolute Gasteiger partial charge is 0.417 e. The van der Waals surface area contributed by atoms with Crippen LogP contribution in [0.2, 0.25) is 0 Å². The van der Waals surface area contributed by atoms with Gasteiger partial charge in [-0.05, 0) is 43.4 Å². The molecule has 114 valence electrons. The quantitative estimate of drug-likeness (QED) is 0.897. The molecule has 1 aromatic rings. The van der Waals surface area contributed by atoms with Crippen LogP contribution in [0, 0.1) is 17.2 Å². The Hall–Kier alpha value is -1.74. The lowest BCUT2D eigenvalue weighted by Gasteiger charge is -2.26. The van der Waals surface area contributed by atoms with Crippen LogP contribution in [-0.2, 0) is 6.18 Å². The number of nitrogens with zero attached hydrogens (tertiary/aromatic N) is 1.